The molecule has 1 aromatic carbocycles. The van der Waals surface area contributed by atoms with Crippen molar-refractivity contribution in [1.29, 1.82) is 0 Å². The maximum atomic E-state index is 14.6. The van der Waals surface area contributed by atoms with Gasteiger partial charge in [-0.05, 0) is 52.9 Å². The molecule has 0 spiro atoms. The summed E-state index contributed by atoms with van der Waals surface area (Å²) in [6, 6.07) is 7.97. The summed E-state index contributed by atoms with van der Waals surface area (Å²) in [5, 5.41) is 0. The number of alkyl halides is 2. The molecule has 164 valence electrons. The van der Waals surface area contributed by atoms with Gasteiger partial charge in [-0.15, -0.1) is 0 Å². The summed E-state index contributed by atoms with van der Waals surface area (Å²) in [6.45, 7) is 10.9. The Morgan fingerprint density at radius 2 is 1.81 bits per heavy atom. The summed E-state index contributed by atoms with van der Waals surface area (Å²) in [6.07, 6.45) is 1.07. The minimum atomic E-state index is -2.92. The van der Waals surface area contributed by atoms with Crippen molar-refractivity contribution in [2.75, 3.05) is 11.4 Å². The molecule has 2 aliphatic heterocycles. The van der Waals surface area contributed by atoms with E-state index in [0.29, 0.717) is 17.2 Å². The van der Waals surface area contributed by atoms with Crippen LogP contribution in [0, 0.1) is 0 Å². The van der Waals surface area contributed by atoms with Crippen LogP contribution in [-0.4, -0.2) is 40.9 Å². The molecule has 2 saturated heterocycles. The van der Waals surface area contributed by atoms with Crippen molar-refractivity contribution in [2.45, 2.75) is 77.0 Å². The predicted molar refractivity (Wildman–Crippen MR) is 117 cm³/mol. The lowest BCUT2D eigenvalue weighted by molar-refractivity contribution is -0.00595. The third-order valence-electron chi connectivity index (χ3n) is 7.29. The molecular weight excluding hydrogens is 399 g/mol. The van der Waals surface area contributed by atoms with Crippen LogP contribution in [0.1, 0.15) is 58.7 Å². The molecule has 2 aromatic rings. The second kappa shape index (κ2) is 6.72. The van der Waals surface area contributed by atoms with Gasteiger partial charge in [0.25, 0.3) is 5.92 Å². The van der Waals surface area contributed by atoms with E-state index in [9.17, 15) is 8.78 Å². The van der Waals surface area contributed by atoms with Crippen LogP contribution in [0.15, 0.2) is 24.3 Å². The highest BCUT2D eigenvalue weighted by Gasteiger charge is 2.52. The molecule has 0 bridgehead atoms. The number of nitrogens with zero attached hydrogens (tertiary/aromatic N) is 3. The van der Waals surface area contributed by atoms with E-state index < -0.39 is 24.2 Å². The normalized spacial score (nSPS) is 25.5. The van der Waals surface area contributed by atoms with Gasteiger partial charge >= 0.3 is 7.12 Å². The largest absolute Gasteiger partial charge is 0.494 e. The minimum absolute atomic E-state index is 0.118. The van der Waals surface area contributed by atoms with Gasteiger partial charge in [0.2, 0.25) is 5.95 Å². The number of fused-ring (bicyclic) bond motifs is 1. The molecule has 3 heterocycles. The van der Waals surface area contributed by atoms with Gasteiger partial charge in [0.05, 0.1) is 16.9 Å². The maximum absolute atomic E-state index is 14.6. The maximum Gasteiger partial charge on any atom is 0.494 e. The number of rotatable bonds is 3. The van der Waals surface area contributed by atoms with E-state index in [1.165, 1.54) is 0 Å². The van der Waals surface area contributed by atoms with Crippen LogP contribution in [0.5, 0.6) is 0 Å². The highest BCUT2D eigenvalue weighted by Crippen LogP contribution is 2.45. The molecule has 5 nitrogen and oxygen atoms in total. The fourth-order valence-electron chi connectivity index (χ4n) is 4.40. The summed E-state index contributed by atoms with van der Waals surface area (Å²) in [4.78, 5) is 11.1. The van der Waals surface area contributed by atoms with Gasteiger partial charge in [-0.3, -0.25) is 0 Å². The van der Waals surface area contributed by atoms with Gasteiger partial charge in [0, 0.05) is 30.1 Å². The summed E-state index contributed by atoms with van der Waals surface area (Å²) < 4.78 is 41.7. The lowest BCUT2D eigenvalue weighted by Crippen LogP contribution is -2.47. The van der Waals surface area contributed by atoms with Crippen LogP contribution in [-0.2, 0) is 21.7 Å². The van der Waals surface area contributed by atoms with E-state index in [0.717, 1.165) is 24.0 Å². The number of hydrogen-bond acceptors (Lipinski definition) is 5. The monoisotopic (exact) mass is 427 g/mol. The Hall–Kier alpha value is -2.06. The number of aromatic nitrogens is 2. The van der Waals surface area contributed by atoms with Crippen molar-refractivity contribution >= 4 is 18.5 Å². The Labute approximate surface area is 182 Å². The summed E-state index contributed by atoms with van der Waals surface area (Å²) in [7, 11) is -0.517. The smallest absolute Gasteiger partial charge is 0.399 e. The first-order chi connectivity index (χ1) is 14.5. The first-order valence-electron chi connectivity index (χ1n) is 11.0. The predicted octanol–water partition coefficient (Wildman–Crippen LogP) is 4.08. The average molecular weight is 427 g/mol. The molecule has 0 amide bonds. The molecular formula is C23H28BF2N3O2. The SMILES string of the molecule is C[C@H]1CCN1c1nc(-c2cccc(B3OC(C)(C)C(C)(C)O3)c2)c2c(n1)C(F)(F)CC2. The zero-order valence-electron chi connectivity index (χ0n) is 18.7. The van der Waals surface area contributed by atoms with Gasteiger partial charge in [0.15, 0.2) is 0 Å². The molecule has 0 unspecified atom stereocenters. The van der Waals surface area contributed by atoms with Crippen LogP contribution < -0.4 is 10.4 Å². The Morgan fingerprint density at radius 3 is 2.42 bits per heavy atom. The molecule has 3 aliphatic rings. The number of anilines is 1. The van der Waals surface area contributed by atoms with E-state index in [1.807, 2.05) is 56.9 Å². The standard InChI is InChI=1S/C23H28BF2N3O2/c1-14-10-12-29(14)20-27-18(17-9-11-23(25,26)19(17)28-20)15-7-6-8-16(13-15)24-30-21(2,3)22(4,5)31-24/h6-8,13-14H,9-12H2,1-5H3/t14-/m0/s1. The second-order valence-corrected chi connectivity index (χ2v) is 9.95. The van der Waals surface area contributed by atoms with E-state index in [4.69, 9.17) is 14.3 Å². The van der Waals surface area contributed by atoms with Crippen LogP contribution in [0.3, 0.4) is 0 Å². The Bertz CT molecular complexity index is 1030. The molecule has 1 aliphatic carbocycles. The van der Waals surface area contributed by atoms with Crippen molar-refractivity contribution in [3.05, 3.63) is 35.5 Å². The fourth-order valence-corrected chi connectivity index (χ4v) is 4.40. The van der Waals surface area contributed by atoms with Gasteiger partial charge in [-0.25, -0.2) is 9.97 Å². The second-order valence-electron chi connectivity index (χ2n) is 9.95. The number of halogens is 2. The van der Waals surface area contributed by atoms with Gasteiger partial charge in [-0.1, -0.05) is 24.3 Å². The molecule has 0 radical (unpaired) electrons. The van der Waals surface area contributed by atoms with Gasteiger partial charge < -0.3 is 14.2 Å². The Balaban J connectivity index is 1.58. The number of benzene rings is 1. The average Bonchev–Trinajstić information content (AvgIpc) is 3.11. The molecule has 1 atom stereocenters. The lowest BCUT2D eigenvalue weighted by Gasteiger charge is -2.39. The van der Waals surface area contributed by atoms with Crippen molar-refractivity contribution in [3.63, 3.8) is 0 Å². The van der Waals surface area contributed by atoms with E-state index >= 15 is 0 Å². The summed E-state index contributed by atoms with van der Waals surface area (Å²) in [5.74, 6) is -2.52. The number of hydrogen-bond donors (Lipinski definition) is 0. The Kier molecular flexibility index (Phi) is 4.51. The van der Waals surface area contributed by atoms with E-state index in [1.54, 1.807) is 0 Å². The van der Waals surface area contributed by atoms with Crippen molar-refractivity contribution in [1.82, 2.24) is 9.97 Å². The van der Waals surface area contributed by atoms with Crippen molar-refractivity contribution in [3.8, 4) is 11.3 Å². The molecule has 2 fully saturated rings. The van der Waals surface area contributed by atoms with Gasteiger partial charge in [-0.2, -0.15) is 8.78 Å². The summed E-state index contributed by atoms with van der Waals surface area (Å²) in [5.41, 5.74) is 1.76. The molecule has 0 N–H and O–H groups in total. The minimum Gasteiger partial charge on any atom is -0.399 e. The van der Waals surface area contributed by atoms with Crippen LogP contribution in [0.4, 0.5) is 14.7 Å². The zero-order chi connectivity index (χ0) is 22.2. The zero-order valence-corrected chi connectivity index (χ0v) is 18.7. The third-order valence-corrected chi connectivity index (χ3v) is 7.29. The highest BCUT2D eigenvalue weighted by atomic mass is 19.3. The van der Waals surface area contributed by atoms with E-state index in [2.05, 4.69) is 11.9 Å². The molecule has 31 heavy (non-hydrogen) atoms. The quantitative estimate of drug-likeness (QED) is 0.691. The molecule has 1 aromatic heterocycles. The van der Waals surface area contributed by atoms with E-state index in [-0.39, 0.29) is 24.6 Å². The molecule has 0 saturated carbocycles. The fraction of sp³-hybridized carbons (Fsp3) is 0.565. The van der Waals surface area contributed by atoms with Crippen LogP contribution >= 0.6 is 0 Å². The lowest BCUT2D eigenvalue weighted by atomic mass is 9.78. The topological polar surface area (TPSA) is 47.5 Å². The molecule has 8 heteroatoms. The Morgan fingerprint density at radius 1 is 1.10 bits per heavy atom. The first-order valence-corrected chi connectivity index (χ1v) is 11.0. The van der Waals surface area contributed by atoms with Crippen LogP contribution in [0.25, 0.3) is 11.3 Å². The molecule has 5 rings (SSSR count). The van der Waals surface area contributed by atoms with Crippen molar-refractivity contribution < 1.29 is 18.1 Å². The van der Waals surface area contributed by atoms with Crippen molar-refractivity contribution in [2.24, 2.45) is 0 Å². The third kappa shape index (κ3) is 3.26. The first kappa shape index (κ1) is 20.8. The van der Waals surface area contributed by atoms with Crippen LogP contribution in [0.2, 0.25) is 0 Å². The highest BCUT2D eigenvalue weighted by molar-refractivity contribution is 6.62. The van der Waals surface area contributed by atoms with Gasteiger partial charge in [0.1, 0.15) is 5.69 Å². The summed E-state index contributed by atoms with van der Waals surface area (Å²) >= 11 is 0.